The summed E-state index contributed by atoms with van der Waals surface area (Å²) in [6.45, 7) is 8.30. The van der Waals surface area contributed by atoms with Gasteiger partial charge in [0.15, 0.2) is 6.10 Å². The molecule has 7 nitrogen and oxygen atoms in total. The minimum Gasteiger partial charge on any atom is -0.479 e. The van der Waals surface area contributed by atoms with Crippen molar-refractivity contribution in [1.29, 1.82) is 0 Å². The van der Waals surface area contributed by atoms with E-state index < -0.39 is 24.0 Å². The summed E-state index contributed by atoms with van der Waals surface area (Å²) in [5.74, 6) is -0.615. The molecule has 0 fully saturated rings. The fourth-order valence-corrected chi connectivity index (χ4v) is 5.04. The minimum atomic E-state index is -1.66. The smallest absolute Gasteiger partial charge is 0.334 e. The van der Waals surface area contributed by atoms with Gasteiger partial charge in [0.05, 0.1) is 17.1 Å². The number of carboxylic acids is 1. The molecule has 1 aromatic carbocycles. The Bertz CT molecular complexity index is 1100. The van der Waals surface area contributed by atoms with E-state index in [0.717, 1.165) is 42.5 Å². The number of carboxylic acid groups (broad SMARTS) is 1. The molecule has 0 spiro atoms. The number of aliphatic hydroxyl groups excluding tert-OH is 1. The number of fused-ring (bicyclic) bond motifs is 1. The fourth-order valence-electron chi connectivity index (χ4n) is 4.34. The van der Waals surface area contributed by atoms with Crippen LogP contribution in [0, 0.1) is 5.92 Å². The fraction of sp³-hybridized carbons (Fsp3) is 0.500. The van der Waals surface area contributed by atoms with Gasteiger partial charge in [-0.1, -0.05) is 40.2 Å². The predicted octanol–water partition coefficient (Wildman–Crippen LogP) is 5.03. The predicted molar refractivity (Wildman–Crippen MR) is 135 cm³/mol. The summed E-state index contributed by atoms with van der Waals surface area (Å²) in [7, 11) is 0. The van der Waals surface area contributed by atoms with Crippen molar-refractivity contribution < 1.29 is 19.8 Å². The molecule has 3 atom stereocenters. The molecule has 0 saturated carbocycles. The Morgan fingerprint density at radius 2 is 1.88 bits per heavy atom. The number of carbonyl (C=O) groups is 2. The number of hydrogen-bond donors (Lipinski definition) is 3. The van der Waals surface area contributed by atoms with Crippen LogP contribution in [0.3, 0.4) is 0 Å². The number of thiophene rings is 1. The lowest BCUT2D eigenvalue weighted by Gasteiger charge is -2.24. The quantitative estimate of drug-likeness (QED) is 0.334. The Kier molecular flexibility index (Phi) is 8.85. The van der Waals surface area contributed by atoms with E-state index in [1.54, 1.807) is 23.5 Å². The lowest BCUT2D eigenvalue weighted by Crippen LogP contribution is -2.47. The van der Waals surface area contributed by atoms with E-state index >= 15 is 0 Å². The molecule has 0 aliphatic carbocycles. The molecular weight excluding hydrogens is 450 g/mol. The van der Waals surface area contributed by atoms with Crippen LogP contribution in [0.1, 0.15) is 80.5 Å². The molecule has 34 heavy (non-hydrogen) atoms. The number of carbonyl (C=O) groups excluding carboxylic acids is 1. The third kappa shape index (κ3) is 5.85. The first-order valence-electron chi connectivity index (χ1n) is 12.0. The molecule has 3 unspecified atom stereocenters. The highest BCUT2D eigenvalue weighted by molar-refractivity contribution is 7.09. The molecule has 0 saturated heterocycles. The Labute approximate surface area is 204 Å². The molecule has 0 aliphatic rings. The second kappa shape index (κ2) is 11.6. The van der Waals surface area contributed by atoms with E-state index in [4.69, 9.17) is 4.98 Å². The van der Waals surface area contributed by atoms with Crippen LogP contribution < -0.4 is 5.32 Å². The molecule has 8 heteroatoms. The first kappa shape index (κ1) is 25.9. The Hall–Kier alpha value is -2.71. The Balaban J connectivity index is 1.94. The molecule has 3 N–H and O–H groups in total. The normalized spacial score (nSPS) is 14.3. The number of amides is 1. The standard InChI is InChI=1S/C26H35N3O4S/c1-5-16(4)13-21(24(30)26(32)33)28-25(31)17-10-11-22-20(14-17)27-23(15-19-9-8-12-34-19)29(22)18(6-2)7-3/h8-12,14,16,18,21,24,30H,5-7,13,15H2,1-4H3,(H,28,31)(H,32,33). The zero-order chi connectivity index (χ0) is 24.8. The van der Waals surface area contributed by atoms with Crippen molar-refractivity contribution in [2.75, 3.05) is 0 Å². The van der Waals surface area contributed by atoms with Gasteiger partial charge >= 0.3 is 5.97 Å². The number of rotatable bonds is 12. The average molecular weight is 486 g/mol. The number of nitrogens with one attached hydrogen (secondary N) is 1. The molecule has 0 bridgehead atoms. The largest absolute Gasteiger partial charge is 0.479 e. The van der Waals surface area contributed by atoms with E-state index in [1.165, 1.54) is 4.88 Å². The first-order valence-corrected chi connectivity index (χ1v) is 12.9. The highest BCUT2D eigenvalue weighted by atomic mass is 32.1. The van der Waals surface area contributed by atoms with Crippen LogP contribution in [-0.2, 0) is 11.2 Å². The van der Waals surface area contributed by atoms with Crippen LogP contribution in [0.5, 0.6) is 0 Å². The van der Waals surface area contributed by atoms with Crippen LogP contribution in [0.2, 0.25) is 0 Å². The molecule has 2 heterocycles. The lowest BCUT2D eigenvalue weighted by molar-refractivity contribution is -0.148. The number of imidazole rings is 1. The van der Waals surface area contributed by atoms with Gasteiger partial charge in [-0.3, -0.25) is 4.79 Å². The van der Waals surface area contributed by atoms with E-state index in [2.05, 4.69) is 35.2 Å². The number of aromatic nitrogens is 2. The maximum Gasteiger partial charge on any atom is 0.334 e. The molecule has 0 radical (unpaired) electrons. The van der Waals surface area contributed by atoms with Crippen LogP contribution in [-0.4, -0.2) is 43.8 Å². The Morgan fingerprint density at radius 3 is 2.47 bits per heavy atom. The second-order valence-electron chi connectivity index (χ2n) is 8.94. The average Bonchev–Trinajstić information content (AvgIpc) is 3.46. The van der Waals surface area contributed by atoms with Crippen LogP contribution in [0.4, 0.5) is 0 Å². The van der Waals surface area contributed by atoms with Crippen molar-refractivity contribution in [3.05, 3.63) is 52.0 Å². The number of aliphatic carboxylic acids is 1. The second-order valence-corrected chi connectivity index (χ2v) is 9.97. The van der Waals surface area contributed by atoms with Crippen LogP contribution in [0.15, 0.2) is 35.7 Å². The van der Waals surface area contributed by atoms with E-state index in [0.29, 0.717) is 18.0 Å². The molecule has 3 aromatic rings. The van der Waals surface area contributed by atoms with Gasteiger partial charge in [-0.25, -0.2) is 9.78 Å². The van der Waals surface area contributed by atoms with Gasteiger partial charge in [0.2, 0.25) is 0 Å². The summed E-state index contributed by atoms with van der Waals surface area (Å²) in [6.07, 6.45) is 2.23. The van der Waals surface area contributed by atoms with Gasteiger partial charge in [-0.05, 0) is 54.8 Å². The summed E-state index contributed by atoms with van der Waals surface area (Å²) in [6, 6.07) is 9.01. The van der Waals surface area contributed by atoms with Crippen LogP contribution in [0.25, 0.3) is 11.0 Å². The number of hydrogen-bond acceptors (Lipinski definition) is 5. The molecule has 1 amide bonds. The van der Waals surface area contributed by atoms with Gasteiger partial charge in [0.1, 0.15) is 5.82 Å². The van der Waals surface area contributed by atoms with Crippen LogP contribution >= 0.6 is 11.3 Å². The zero-order valence-electron chi connectivity index (χ0n) is 20.3. The number of benzene rings is 1. The van der Waals surface area contributed by atoms with Crippen molar-refractivity contribution in [3.63, 3.8) is 0 Å². The topological polar surface area (TPSA) is 104 Å². The van der Waals surface area contributed by atoms with Gasteiger partial charge in [0, 0.05) is 22.9 Å². The molecule has 2 aromatic heterocycles. The third-order valence-electron chi connectivity index (χ3n) is 6.55. The maximum atomic E-state index is 13.0. The summed E-state index contributed by atoms with van der Waals surface area (Å²) in [5, 5.41) is 24.2. The maximum absolute atomic E-state index is 13.0. The summed E-state index contributed by atoms with van der Waals surface area (Å²) < 4.78 is 2.29. The van der Waals surface area contributed by atoms with Gasteiger partial charge in [-0.15, -0.1) is 11.3 Å². The van der Waals surface area contributed by atoms with Crippen molar-refractivity contribution in [2.24, 2.45) is 5.92 Å². The lowest BCUT2D eigenvalue weighted by atomic mass is 9.95. The summed E-state index contributed by atoms with van der Waals surface area (Å²) in [4.78, 5) is 30.6. The Morgan fingerprint density at radius 1 is 1.15 bits per heavy atom. The summed E-state index contributed by atoms with van der Waals surface area (Å²) in [5.41, 5.74) is 2.12. The van der Waals surface area contributed by atoms with Crippen molar-refractivity contribution in [3.8, 4) is 0 Å². The first-order chi connectivity index (χ1) is 16.3. The molecule has 0 aliphatic heterocycles. The molecule has 3 rings (SSSR count). The number of aliphatic hydroxyl groups is 1. The highest BCUT2D eigenvalue weighted by Crippen LogP contribution is 2.28. The highest BCUT2D eigenvalue weighted by Gasteiger charge is 2.29. The van der Waals surface area contributed by atoms with E-state index in [9.17, 15) is 19.8 Å². The molecule has 184 valence electrons. The van der Waals surface area contributed by atoms with Gasteiger partial charge in [0.25, 0.3) is 5.91 Å². The van der Waals surface area contributed by atoms with Crippen molar-refractivity contribution in [2.45, 2.75) is 78.0 Å². The monoisotopic (exact) mass is 485 g/mol. The van der Waals surface area contributed by atoms with E-state index in [-0.39, 0.29) is 5.92 Å². The number of nitrogens with zero attached hydrogens (tertiary/aromatic N) is 2. The summed E-state index contributed by atoms with van der Waals surface area (Å²) >= 11 is 1.70. The van der Waals surface area contributed by atoms with Gasteiger partial charge < -0.3 is 20.1 Å². The van der Waals surface area contributed by atoms with Crippen molar-refractivity contribution >= 4 is 34.2 Å². The minimum absolute atomic E-state index is 0.164. The van der Waals surface area contributed by atoms with Crippen molar-refractivity contribution in [1.82, 2.24) is 14.9 Å². The SMILES string of the molecule is CCC(C)CC(NC(=O)c1ccc2c(c1)nc(Cc1cccs1)n2C(CC)CC)C(O)C(=O)O. The molecular formula is C26H35N3O4S. The zero-order valence-corrected chi connectivity index (χ0v) is 21.1. The van der Waals surface area contributed by atoms with E-state index in [1.807, 2.05) is 26.0 Å². The van der Waals surface area contributed by atoms with Gasteiger partial charge in [-0.2, -0.15) is 0 Å². The third-order valence-corrected chi connectivity index (χ3v) is 7.43.